The predicted octanol–water partition coefficient (Wildman–Crippen LogP) is -0.105. The van der Waals surface area contributed by atoms with Gasteiger partial charge in [0.1, 0.15) is 12.3 Å². The molecule has 94 valence electrons. The lowest BCUT2D eigenvalue weighted by Gasteiger charge is -2.14. The molecule has 1 rings (SSSR count). The second-order valence-electron chi connectivity index (χ2n) is 3.80. The number of aliphatic hydroxyl groups excluding tert-OH is 1. The van der Waals surface area contributed by atoms with E-state index in [-0.39, 0.29) is 18.4 Å². The molecule has 1 aromatic rings. The van der Waals surface area contributed by atoms with Crippen LogP contribution in [0.3, 0.4) is 0 Å². The van der Waals surface area contributed by atoms with Gasteiger partial charge in [-0.15, -0.1) is 0 Å². The smallest absolute Gasteiger partial charge is 0.255 e. The highest BCUT2D eigenvalue weighted by atomic mass is 16.3. The normalized spacial score (nSPS) is 13.8. The molecule has 0 saturated heterocycles. The molecule has 6 heteroatoms. The first kappa shape index (κ1) is 13.2. The van der Waals surface area contributed by atoms with Crippen molar-refractivity contribution in [3.8, 4) is 0 Å². The first-order chi connectivity index (χ1) is 8.00. The Hall–Kier alpha value is -1.82. The first-order valence-corrected chi connectivity index (χ1v) is 5.29. The molecule has 0 radical (unpaired) electrons. The van der Waals surface area contributed by atoms with Crippen LogP contribution in [0.15, 0.2) is 23.0 Å². The highest BCUT2D eigenvalue weighted by Gasteiger charge is 2.17. The van der Waals surface area contributed by atoms with Crippen molar-refractivity contribution >= 4 is 11.8 Å². The maximum absolute atomic E-state index is 11.6. The van der Waals surface area contributed by atoms with Crippen molar-refractivity contribution < 1.29 is 19.1 Å². The Morgan fingerprint density at radius 3 is 2.71 bits per heavy atom. The fourth-order valence-corrected chi connectivity index (χ4v) is 1.14. The van der Waals surface area contributed by atoms with Gasteiger partial charge in [0.05, 0.1) is 17.9 Å². The summed E-state index contributed by atoms with van der Waals surface area (Å²) in [7, 11) is 0. The Bertz CT molecular complexity index is 373. The largest absolute Gasteiger partial charge is 0.472 e. The number of aliphatic hydroxyl groups is 1. The van der Waals surface area contributed by atoms with Gasteiger partial charge in [-0.1, -0.05) is 0 Å². The lowest BCUT2D eigenvalue weighted by molar-refractivity contribution is -0.123. The van der Waals surface area contributed by atoms with Gasteiger partial charge in [-0.2, -0.15) is 0 Å². The van der Waals surface area contributed by atoms with Gasteiger partial charge in [0.25, 0.3) is 5.91 Å². The van der Waals surface area contributed by atoms with Crippen molar-refractivity contribution in [3.63, 3.8) is 0 Å². The van der Waals surface area contributed by atoms with E-state index in [1.165, 1.54) is 18.6 Å². The lowest BCUT2D eigenvalue weighted by atomic mass is 10.2. The zero-order valence-corrected chi connectivity index (χ0v) is 9.77. The second kappa shape index (κ2) is 6.05. The Morgan fingerprint density at radius 2 is 2.18 bits per heavy atom. The molecule has 0 fully saturated rings. The summed E-state index contributed by atoms with van der Waals surface area (Å²) < 4.78 is 4.76. The summed E-state index contributed by atoms with van der Waals surface area (Å²) in [6, 6.07) is 0.839. The van der Waals surface area contributed by atoms with Crippen LogP contribution in [-0.4, -0.2) is 35.6 Å². The number of amides is 2. The Kier molecular flexibility index (Phi) is 4.71. The topological polar surface area (TPSA) is 91.6 Å². The average Bonchev–Trinajstić information content (AvgIpc) is 2.78. The maximum Gasteiger partial charge on any atom is 0.255 e. The van der Waals surface area contributed by atoms with Crippen LogP contribution in [0.25, 0.3) is 0 Å². The van der Waals surface area contributed by atoms with Gasteiger partial charge in [0.15, 0.2) is 0 Å². The van der Waals surface area contributed by atoms with Gasteiger partial charge in [-0.25, -0.2) is 0 Å². The third-order valence-corrected chi connectivity index (χ3v) is 2.10. The van der Waals surface area contributed by atoms with E-state index in [2.05, 4.69) is 10.6 Å². The third kappa shape index (κ3) is 4.28. The van der Waals surface area contributed by atoms with E-state index in [4.69, 9.17) is 9.52 Å². The zero-order valence-electron chi connectivity index (χ0n) is 9.77. The molecule has 0 aromatic carbocycles. The minimum Gasteiger partial charge on any atom is -0.472 e. The summed E-state index contributed by atoms with van der Waals surface area (Å²) >= 11 is 0. The fourth-order valence-electron chi connectivity index (χ4n) is 1.14. The molecular formula is C11H16N2O4. The standard InChI is InChI=1S/C11H16N2O4/c1-7(14)5-12-10(15)8(2)13-11(16)9-3-4-17-6-9/h3-4,6-8,14H,5H2,1-2H3,(H,12,15)(H,13,16). The molecule has 0 bridgehead atoms. The van der Waals surface area contributed by atoms with Crippen LogP contribution in [-0.2, 0) is 4.79 Å². The number of rotatable bonds is 5. The lowest BCUT2D eigenvalue weighted by Crippen LogP contribution is -2.46. The molecule has 0 aliphatic heterocycles. The molecule has 2 atom stereocenters. The third-order valence-electron chi connectivity index (χ3n) is 2.10. The van der Waals surface area contributed by atoms with Crippen LogP contribution in [0, 0.1) is 0 Å². The number of hydrogen-bond acceptors (Lipinski definition) is 4. The second-order valence-corrected chi connectivity index (χ2v) is 3.80. The Labute approximate surface area is 99.0 Å². The van der Waals surface area contributed by atoms with Gasteiger partial charge in [-0.3, -0.25) is 9.59 Å². The van der Waals surface area contributed by atoms with Crippen LogP contribution in [0.4, 0.5) is 0 Å². The minimum absolute atomic E-state index is 0.157. The molecule has 17 heavy (non-hydrogen) atoms. The summed E-state index contributed by atoms with van der Waals surface area (Å²) in [5, 5.41) is 14.0. The molecule has 1 aromatic heterocycles. The summed E-state index contributed by atoms with van der Waals surface area (Å²) in [6.45, 7) is 3.29. The van der Waals surface area contributed by atoms with E-state index in [1.54, 1.807) is 13.8 Å². The van der Waals surface area contributed by atoms with Gasteiger partial charge in [0, 0.05) is 6.54 Å². The summed E-state index contributed by atoms with van der Waals surface area (Å²) in [5.74, 6) is -0.721. The molecule has 1 heterocycles. The molecule has 6 nitrogen and oxygen atoms in total. The van der Waals surface area contributed by atoms with Crippen LogP contribution in [0.2, 0.25) is 0 Å². The van der Waals surface area contributed by atoms with E-state index >= 15 is 0 Å². The fraction of sp³-hybridized carbons (Fsp3) is 0.455. The molecule has 2 unspecified atom stereocenters. The summed E-state index contributed by atoms with van der Waals surface area (Å²) in [5.41, 5.74) is 0.361. The summed E-state index contributed by atoms with van der Waals surface area (Å²) in [6.07, 6.45) is 2.07. The monoisotopic (exact) mass is 240 g/mol. The highest BCUT2D eigenvalue weighted by molar-refractivity contribution is 5.97. The van der Waals surface area contributed by atoms with Crippen LogP contribution >= 0.6 is 0 Å². The van der Waals surface area contributed by atoms with Gasteiger partial charge < -0.3 is 20.2 Å². The average molecular weight is 240 g/mol. The number of carbonyl (C=O) groups is 2. The SMILES string of the molecule is CC(O)CNC(=O)C(C)NC(=O)c1ccoc1. The van der Waals surface area contributed by atoms with Crippen molar-refractivity contribution in [1.82, 2.24) is 10.6 Å². The first-order valence-electron chi connectivity index (χ1n) is 5.29. The van der Waals surface area contributed by atoms with Crippen molar-refractivity contribution in [2.24, 2.45) is 0 Å². The molecule has 3 N–H and O–H groups in total. The number of furan rings is 1. The minimum atomic E-state index is -0.670. The molecule has 2 amide bonds. The Morgan fingerprint density at radius 1 is 1.47 bits per heavy atom. The van der Waals surface area contributed by atoms with Crippen LogP contribution in [0.1, 0.15) is 24.2 Å². The molecule has 0 spiro atoms. The number of nitrogens with one attached hydrogen (secondary N) is 2. The van der Waals surface area contributed by atoms with E-state index in [9.17, 15) is 9.59 Å². The van der Waals surface area contributed by atoms with Crippen LogP contribution in [0.5, 0.6) is 0 Å². The predicted molar refractivity (Wildman–Crippen MR) is 60.3 cm³/mol. The van der Waals surface area contributed by atoms with Gasteiger partial charge >= 0.3 is 0 Å². The van der Waals surface area contributed by atoms with E-state index in [0.717, 1.165) is 0 Å². The van der Waals surface area contributed by atoms with Crippen molar-refractivity contribution in [1.29, 1.82) is 0 Å². The van der Waals surface area contributed by atoms with E-state index in [1.807, 2.05) is 0 Å². The highest BCUT2D eigenvalue weighted by Crippen LogP contribution is 1.99. The molecule has 0 aliphatic carbocycles. The molecule has 0 aliphatic rings. The van der Waals surface area contributed by atoms with Crippen molar-refractivity contribution in [2.45, 2.75) is 26.0 Å². The maximum atomic E-state index is 11.6. The van der Waals surface area contributed by atoms with Gasteiger partial charge in [-0.05, 0) is 19.9 Å². The number of hydrogen-bond donors (Lipinski definition) is 3. The van der Waals surface area contributed by atoms with Crippen molar-refractivity contribution in [3.05, 3.63) is 24.2 Å². The van der Waals surface area contributed by atoms with E-state index < -0.39 is 12.1 Å². The quantitative estimate of drug-likeness (QED) is 0.670. The zero-order chi connectivity index (χ0) is 12.8. The summed E-state index contributed by atoms with van der Waals surface area (Å²) in [4.78, 5) is 23.1. The van der Waals surface area contributed by atoms with Crippen molar-refractivity contribution in [2.75, 3.05) is 6.54 Å². The van der Waals surface area contributed by atoms with E-state index in [0.29, 0.717) is 5.56 Å². The molecule has 0 saturated carbocycles. The van der Waals surface area contributed by atoms with Gasteiger partial charge in [0.2, 0.25) is 5.91 Å². The Balaban J connectivity index is 2.41. The molecular weight excluding hydrogens is 224 g/mol. The number of carbonyl (C=O) groups excluding carboxylic acids is 2. The van der Waals surface area contributed by atoms with Crippen LogP contribution < -0.4 is 10.6 Å².